The van der Waals surface area contributed by atoms with Gasteiger partial charge in [0.15, 0.2) is 0 Å². The van der Waals surface area contributed by atoms with Crippen molar-refractivity contribution in [3.63, 3.8) is 0 Å². The van der Waals surface area contributed by atoms with Gasteiger partial charge in [-0.1, -0.05) is 12.1 Å². The first kappa shape index (κ1) is 15.9. The fraction of sp³-hybridized carbons (Fsp3) is 0.111. The maximum absolute atomic E-state index is 13.6. The molecule has 6 heteroatoms. The molecule has 0 atom stereocenters. The molecule has 0 aliphatic carbocycles. The highest BCUT2D eigenvalue weighted by Crippen LogP contribution is 2.12. The summed E-state index contributed by atoms with van der Waals surface area (Å²) in [5.41, 5.74) is 2.57. The molecule has 0 unspecified atom stereocenters. The normalized spacial score (nSPS) is 10.6. The van der Waals surface area contributed by atoms with E-state index in [1.165, 1.54) is 0 Å². The molecule has 0 bridgehead atoms. The number of rotatable bonds is 4. The van der Waals surface area contributed by atoms with Crippen molar-refractivity contribution in [3.05, 3.63) is 83.4 Å². The van der Waals surface area contributed by atoms with Crippen LogP contribution < -0.4 is 5.32 Å². The van der Waals surface area contributed by atoms with Gasteiger partial charge in [-0.3, -0.25) is 4.79 Å². The fourth-order valence-corrected chi connectivity index (χ4v) is 2.30. The van der Waals surface area contributed by atoms with E-state index in [-0.39, 0.29) is 12.1 Å². The van der Waals surface area contributed by atoms with Crippen molar-refractivity contribution in [1.29, 1.82) is 0 Å². The van der Waals surface area contributed by atoms with Crippen LogP contribution in [0, 0.1) is 18.6 Å². The van der Waals surface area contributed by atoms with Crippen LogP contribution in [0.25, 0.3) is 5.69 Å². The molecule has 0 spiro atoms. The maximum atomic E-state index is 13.6. The number of halogens is 2. The lowest BCUT2D eigenvalue weighted by atomic mass is 10.1. The molecule has 1 N–H and O–H groups in total. The first-order valence-corrected chi connectivity index (χ1v) is 7.36. The van der Waals surface area contributed by atoms with E-state index in [4.69, 9.17) is 0 Å². The van der Waals surface area contributed by atoms with Crippen molar-refractivity contribution in [1.82, 2.24) is 14.9 Å². The number of hydrogen-bond acceptors (Lipinski definition) is 2. The summed E-state index contributed by atoms with van der Waals surface area (Å²) in [7, 11) is 0. The number of nitrogens with zero attached hydrogens (tertiary/aromatic N) is 2. The number of carbonyl (C=O) groups is 1. The number of amides is 1. The van der Waals surface area contributed by atoms with Gasteiger partial charge < -0.3 is 9.88 Å². The topological polar surface area (TPSA) is 46.9 Å². The molecule has 2 aromatic carbocycles. The highest BCUT2D eigenvalue weighted by atomic mass is 19.1. The van der Waals surface area contributed by atoms with E-state index in [1.807, 2.05) is 42.0 Å². The molecule has 0 fully saturated rings. The van der Waals surface area contributed by atoms with Crippen LogP contribution in [0.5, 0.6) is 0 Å². The summed E-state index contributed by atoms with van der Waals surface area (Å²) in [5, 5.41) is 2.62. The van der Waals surface area contributed by atoms with Crippen LogP contribution in [0.2, 0.25) is 0 Å². The maximum Gasteiger partial charge on any atom is 0.254 e. The van der Waals surface area contributed by atoms with Gasteiger partial charge in [-0.25, -0.2) is 13.8 Å². The van der Waals surface area contributed by atoms with Gasteiger partial charge >= 0.3 is 0 Å². The molecule has 0 aliphatic heterocycles. The molecule has 0 saturated carbocycles. The van der Waals surface area contributed by atoms with E-state index in [9.17, 15) is 13.6 Å². The van der Waals surface area contributed by atoms with Crippen LogP contribution in [0.4, 0.5) is 8.78 Å². The van der Waals surface area contributed by atoms with Crippen LogP contribution >= 0.6 is 0 Å². The second-order valence-corrected chi connectivity index (χ2v) is 5.40. The zero-order valence-electron chi connectivity index (χ0n) is 13.0. The van der Waals surface area contributed by atoms with Gasteiger partial charge in [0.2, 0.25) is 0 Å². The lowest BCUT2D eigenvalue weighted by Gasteiger charge is -2.08. The van der Waals surface area contributed by atoms with E-state index in [1.54, 1.807) is 6.33 Å². The Labute approximate surface area is 137 Å². The van der Waals surface area contributed by atoms with E-state index >= 15 is 0 Å². The second kappa shape index (κ2) is 6.62. The Kier molecular flexibility index (Phi) is 4.37. The predicted molar refractivity (Wildman–Crippen MR) is 85.8 cm³/mol. The highest BCUT2D eigenvalue weighted by molar-refractivity contribution is 5.94. The van der Waals surface area contributed by atoms with Gasteiger partial charge in [0.05, 0.1) is 17.6 Å². The second-order valence-electron chi connectivity index (χ2n) is 5.40. The monoisotopic (exact) mass is 327 g/mol. The molecule has 1 heterocycles. The number of carbonyl (C=O) groups excluding carboxylic acids is 1. The Morgan fingerprint density at radius 3 is 2.54 bits per heavy atom. The summed E-state index contributed by atoms with van der Waals surface area (Å²) in [6, 6.07) is 10.4. The molecule has 4 nitrogen and oxygen atoms in total. The SMILES string of the molecule is Cc1cn(-c2ccc(CNC(=O)c3ccc(F)cc3F)cc2)cn1. The Bertz CT molecular complexity index is 872. The van der Waals surface area contributed by atoms with Crippen LogP contribution in [-0.4, -0.2) is 15.5 Å². The number of hydrogen-bond donors (Lipinski definition) is 1. The van der Waals surface area contributed by atoms with Gasteiger partial charge in [0.1, 0.15) is 11.6 Å². The van der Waals surface area contributed by atoms with Crippen LogP contribution in [0.1, 0.15) is 21.6 Å². The lowest BCUT2D eigenvalue weighted by molar-refractivity contribution is 0.0947. The fourth-order valence-electron chi connectivity index (χ4n) is 2.30. The molecule has 3 aromatic rings. The van der Waals surface area contributed by atoms with Gasteiger partial charge in [0, 0.05) is 24.5 Å². The van der Waals surface area contributed by atoms with Crippen molar-refractivity contribution in [3.8, 4) is 5.69 Å². The molecule has 122 valence electrons. The third-order valence-electron chi connectivity index (χ3n) is 3.58. The average Bonchev–Trinajstić information content (AvgIpc) is 2.99. The summed E-state index contributed by atoms with van der Waals surface area (Å²) in [6.45, 7) is 2.16. The Balaban J connectivity index is 1.65. The smallest absolute Gasteiger partial charge is 0.254 e. The summed E-state index contributed by atoms with van der Waals surface area (Å²) in [5.74, 6) is -2.17. The zero-order chi connectivity index (χ0) is 17.1. The van der Waals surface area contributed by atoms with E-state index < -0.39 is 17.5 Å². The summed E-state index contributed by atoms with van der Waals surface area (Å²) in [6.07, 6.45) is 3.64. The third-order valence-corrected chi connectivity index (χ3v) is 3.58. The predicted octanol–water partition coefficient (Wildman–Crippen LogP) is 3.39. The molecule has 1 amide bonds. The van der Waals surface area contributed by atoms with Crippen molar-refractivity contribution < 1.29 is 13.6 Å². The van der Waals surface area contributed by atoms with E-state index in [0.29, 0.717) is 6.07 Å². The molecule has 0 radical (unpaired) electrons. The number of aromatic nitrogens is 2. The van der Waals surface area contributed by atoms with Crippen molar-refractivity contribution in [2.75, 3.05) is 0 Å². The van der Waals surface area contributed by atoms with Crippen LogP contribution in [0.3, 0.4) is 0 Å². The van der Waals surface area contributed by atoms with Gasteiger partial charge in [-0.05, 0) is 36.8 Å². The average molecular weight is 327 g/mol. The first-order valence-electron chi connectivity index (χ1n) is 7.36. The van der Waals surface area contributed by atoms with Crippen molar-refractivity contribution >= 4 is 5.91 Å². The summed E-state index contributed by atoms with van der Waals surface area (Å²) < 4.78 is 28.3. The molecule has 24 heavy (non-hydrogen) atoms. The van der Waals surface area contributed by atoms with Crippen LogP contribution in [-0.2, 0) is 6.54 Å². The number of imidazole rings is 1. The quantitative estimate of drug-likeness (QED) is 0.798. The first-order chi connectivity index (χ1) is 11.5. The van der Waals surface area contributed by atoms with Gasteiger partial charge in [0.25, 0.3) is 5.91 Å². The largest absolute Gasteiger partial charge is 0.348 e. The highest BCUT2D eigenvalue weighted by Gasteiger charge is 2.12. The van der Waals surface area contributed by atoms with Crippen molar-refractivity contribution in [2.24, 2.45) is 0 Å². The van der Waals surface area contributed by atoms with Gasteiger partial charge in [-0.2, -0.15) is 0 Å². The molecule has 0 aliphatic rings. The number of aryl methyl sites for hydroxylation is 1. The minimum absolute atomic E-state index is 0.179. The summed E-state index contributed by atoms with van der Waals surface area (Å²) in [4.78, 5) is 16.1. The minimum Gasteiger partial charge on any atom is -0.348 e. The Morgan fingerprint density at radius 1 is 1.17 bits per heavy atom. The molecule has 0 saturated heterocycles. The number of benzene rings is 2. The van der Waals surface area contributed by atoms with E-state index in [2.05, 4.69) is 10.3 Å². The standard InChI is InChI=1S/C18H15F2N3O/c1-12-10-23(11-22-12)15-5-2-13(3-6-15)9-21-18(24)16-7-4-14(19)8-17(16)20/h2-8,10-11H,9H2,1H3,(H,21,24). The molecule has 3 rings (SSSR count). The van der Waals surface area contributed by atoms with Gasteiger partial charge in [-0.15, -0.1) is 0 Å². The number of nitrogens with one attached hydrogen (secondary N) is 1. The Morgan fingerprint density at radius 2 is 1.92 bits per heavy atom. The van der Waals surface area contributed by atoms with Crippen LogP contribution in [0.15, 0.2) is 55.0 Å². The van der Waals surface area contributed by atoms with E-state index in [0.717, 1.165) is 29.1 Å². The Hall–Kier alpha value is -3.02. The minimum atomic E-state index is -0.877. The third kappa shape index (κ3) is 3.48. The molecular formula is C18H15F2N3O. The lowest BCUT2D eigenvalue weighted by Crippen LogP contribution is -2.23. The molecule has 1 aromatic heterocycles. The molecular weight excluding hydrogens is 312 g/mol. The summed E-state index contributed by atoms with van der Waals surface area (Å²) >= 11 is 0. The zero-order valence-corrected chi connectivity index (χ0v) is 13.0. The van der Waals surface area contributed by atoms with Crippen molar-refractivity contribution in [2.45, 2.75) is 13.5 Å².